The topological polar surface area (TPSA) is 54.0 Å². The quantitative estimate of drug-likeness (QED) is 0.898. The summed E-state index contributed by atoms with van der Waals surface area (Å²) in [6.07, 6.45) is 5.66. The van der Waals surface area contributed by atoms with Crippen LogP contribution in [0.2, 0.25) is 0 Å². The zero-order valence-corrected chi connectivity index (χ0v) is 13.5. The molecule has 1 aromatic heterocycles. The van der Waals surface area contributed by atoms with Crippen LogP contribution in [0, 0.1) is 0 Å². The van der Waals surface area contributed by atoms with Crippen LogP contribution < -0.4 is 10.6 Å². The van der Waals surface area contributed by atoms with Crippen molar-refractivity contribution in [3.63, 3.8) is 0 Å². The van der Waals surface area contributed by atoms with E-state index in [0.29, 0.717) is 6.04 Å². The molecular weight excluding hydrogens is 297 g/mol. The van der Waals surface area contributed by atoms with Crippen LogP contribution in [-0.4, -0.2) is 29.5 Å². The molecule has 2 rings (SSSR count). The van der Waals surface area contributed by atoms with Gasteiger partial charge in [0.15, 0.2) is 0 Å². The fourth-order valence-electron chi connectivity index (χ4n) is 2.33. The molecule has 3 atom stereocenters. The van der Waals surface area contributed by atoms with Crippen LogP contribution in [0.1, 0.15) is 38.2 Å². The number of carbonyl (C=O) groups excluding carboxylic acids is 1. The van der Waals surface area contributed by atoms with Crippen molar-refractivity contribution >= 4 is 30.7 Å². The fourth-order valence-corrected chi connectivity index (χ4v) is 2.33. The molecule has 3 unspecified atom stereocenters. The molecule has 4 nitrogen and oxygen atoms in total. The van der Waals surface area contributed by atoms with E-state index in [1.165, 1.54) is 0 Å². The molecule has 0 radical (unpaired) electrons. The number of hydrogen-bond acceptors (Lipinski definition) is 3. The Morgan fingerprint density at radius 3 is 2.85 bits per heavy atom. The standard InChI is InChI=1S/C14H21N3O.2ClH/c1-10(12-5-3-7-15-9-12)14(18)17-13-6-4-8-16-11(13)2;;/h3,5,7,9-11,13,16H,4,6,8H2,1-2H3,(H,17,18);2*1H. The number of pyridine rings is 1. The van der Waals surface area contributed by atoms with Gasteiger partial charge in [-0.2, -0.15) is 0 Å². The molecule has 20 heavy (non-hydrogen) atoms. The predicted octanol–water partition coefficient (Wildman–Crippen LogP) is 2.29. The summed E-state index contributed by atoms with van der Waals surface area (Å²) in [6, 6.07) is 4.40. The first-order chi connectivity index (χ1) is 8.68. The Hall–Kier alpha value is -0.840. The summed E-state index contributed by atoms with van der Waals surface area (Å²) in [5.41, 5.74) is 0.964. The van der Waals surface area contributed by atoms with Gasteiger partial charge >= 0.3 is 0 Å². The highest BCUT2D eigenvalue weighted by molar-refractivity contribution is 5.85. The molecule has 0 bridgehead atoms. The lowest BCUT2D eigenvalue weighted by Crippen LogP contribution is -2.52. The van der Waals surface area contributed by atoms with Crippen LogP contribution in [-0.2, 0) is 4.79 Å². The number of halogens is 2. The molecule has 6 heteroatoms. The first-order valence-electron chi connectivity index (χ1n) is 6.62. The Morgan fingerprint density at radius 2 is 2.25 bits per heavy atom. The average Bonchev–Trinajstić information content (AvgIpc) is 2.41. The highest BCUT2D eigenvalue weighted by atomic mass is 35.5. The zero-order valence-electron chi connectivity index (χ0n) is 11.8. The van der Waals surface area contributed by atoms with E-state index < -0.39 is 0 Å². The van der Waals surface area contributed by atoms with Crippen LogP contribution in [0.3, 0.4) is 0 Å². The fraction of sp³-hybridized carbons (Fsp3) is 0.571. The zero-order chi connectivity index (χ0) is 13.0. The van der Waals surface area contributed by atoms with Crippen LogP contribution in [0.4, 0.5) is 0 Å². The molecule has 2 heterocycles. The summed E-state index contributed by atoms with van der Waals surface area (Å²) >= 11 is 0. The molecule has 0 aliphatic carbocycles. The van der Waals surface area contributed by atoms with E-state index in [9.17, 15) is 4.79 Å². The minimum absolute atomic E-state index is 0. The monoisotopic (exact) mass is 319 g/mol. The predicted molar refractivity (Wildman–Crippen MR) is 85.8 cm³/mol. The molecule has 1 aliphatic rings. The Bertz CT molecular complexity index is 403. The van der Waals surface area contributed by atoms with Crippen LogP contribution >= 0.6 is 24.8 Å². The Labute approximate surface area is 132 Å². The van der Waals surface area contributed by atoms with Crippen molar-refractivity contribution in [3.8, 4) is 0 Å². The van der Waals surface area contributed by atoms with E-state index >= 15 is 0 Å². The molecule has 1 aromatic rings. The van der Waals surface area contributed by atoms with Gasteiger partial charge in [0.2, 0.25) is 5.91 Å². The second kappa shape index (κ2) is 9.16. The average molecular weight is 320 g/mol. The van der Waals surface area contributed by atoms with E-state index in [1.54, 1.807) is 12.4 Å². The van der Waals surface area contributed by atoms with Crippen molar-refractivity contribution in [3.05, 3.63) is 30.1 Å². The molecule has 1 amide bonds. The maximum absolute atomic E-state index is 12.2. The largest absolute Gasteiger partial charge is 0.351 e. The molecule has 0 spiro atoms. The van der Waals surface area contributed by atoms with Crippen molar-refractivity contribution < 1.29 is 4.79 Å². The summed E-state index contributed by atoms with van der Waals surface area (Å²) < 4.78 is 0. The minimum Gasteiger partial charge on any atom is -0.351 e. The number of nitrogens with one attached hydrogen (secondary N) is 2. The number of amides is 1. The molecule has 2 N–H and O–H groups in total. The first-order valence-corrected chi connectivity index (χ1v) is 6.62. The van der Waals surface area contributed by atoms with Crippen molar-refractivity contribution in [1.29, 1.82) is 0 Å². The van der Waals surface area contributed by atoms with Crippen LogP contribution in [0.5, 0.6) is 0 Å². The van der Waals surface area contributed by atoms with Crippen molar-refractivity contribution in [2.45, 2.75) is 44.7 Å². The Morgan fingerprint density at radius 1 is 1.50 bits per heavy atom. The number of aromatic nitrogens is 1. The van der Waals surface area contributed by atoms with Gasteiger partial charge in [-0.05, 0) is 44.9 Å². The number of hydrogen-bond donors (Lipinski definition) is 2. The minimum atomic E-state index is -0.146. The van der Waals surface area contributed by atoms with E-state index in [4.69, 9.17) is 0 Å². The van der Waals surface area contributed by atoms with Gasteiger partial charge in [0.05, 0.1) is 5.92 Å². The molecule has 1 fully saturated rings. The molecule has 1 saturated heterocycles. The van der Waals surface area contributed by atoms with Crippen LogP contribution in [0.15, 0.2) is 24.5 Å². The van der Waals surface area contributed by atoms with Gasteiger partial charge in [0, 0.05) is 24.5 Å². The molecular formula is C14H23Cl2N3O. The molecule has 0 aromatic carbocycles. The smallest absolute Gasteiger partial charge is 0.227 e. The molecule has 0 saturated carbocycles. The van der Waals surface area contributed by atoms with Crippen LogP contribution in [0.25, 0.3) is 0 Å². The van der Waals surface area contributed by atoms with Gasteiger partial charge in [-0.1, -0.05) is 6.07 Å². The van der Waals surface area contributed by atoms with E-state index in [-0.39, 0.29) is 42.7 Å². The highest BCUT2D eigenvalue weighted by Crippen LogP contribution is 2.15. The maximum Gasteiger partial charge on any atom is 0.227 e. The van der Waals surface area contributed by atoms with Gasteiger partial charge in [0.1, 0.15) is 0 Å². The summed E-state index contributed by atoms with van der Waals surface area (Å²) in [5.74, 6) is -0.0589. The van der Waals surface area contributed by atoms with E-state index in [2.05, 4.69) is 22.5 Å². The Kier molecular flexibility index (Phi) is 8.78. The summed E-state index contributed by atoms with van der Waals surface area (Å²) in [7, 11) is 0. The van der Waals surface area contributed by atoms with Gasteiger partial charge in [-0.15, -0.1) is 24.8 Å². The van der Waals surface area contributed by atoms with Gasteiger partial charge in [-0.25, -0.2) is 0 Å². The summed E-state index contributed by atoms with van der Waals surface area (Å²) in [6.45, 7) is 5.10. The van der Waals surface area contributed by atoms with E-state index in [0.717, 1.165) is 24.9 Å². The third kappa shape index (κ3) is 4.93. The number of nitrogens with zero attached hydrogens (tertiary/aromatic N) is 1. The summed E-state index contributed by atoms with van der Waals surface area (Å²) in [4.78, 5) is 16.2. The third-order valence-corrected chi connectivity index (χ3v) is 3.67. The third-order valence-electron chi connectivity index (χ3n) is 3.67. The second-order valence-corrected chi connectivity index (χ2v) is 5.01. The lowest BCUT2D eigenvalue weighted by molar-refractivity contribution is -0.123. The van der Waals surface area contributed by atoms with Gasteiger partial charge in [0.25, 0.3) is 0 Å². The molecule has 1 aliphatic heterocycles. The lowest BCUT2D eigenvalue weighted by Gasteiger charge is -2.31. The first kappa shape index (κ1) is 19.2. The normalized spacial score (nSPS) is 22.9. The number of piperidine rings is 1. The van der Waals surface area contributed by atoms with Crippen molar-refractivity contribution in [1.82, 2.24) is 15.6 Å². The maximum atomic E-state index is 12.2. The van der Waals surface area contributed by atoms with Gasteiger partial charge in [-0.3, -0.25) is 9.78 Å². The highest BCUT2D eigenvalue weighted by Gasteiger charge is 2.24. The van der Waals surface area contributed by atoms with E-state index in [1.807, 2.05) is 19.1 Å². The SMILES string of the molecule is CC(C(=O)NC1CCCNC1C)c1cccnc1.Cl.Cl. The van der Waals surface area contributed by atoms with Crippen molar-refractivity contribution in [2.75, 3.05) is 6.54 Å². The number of rotatable bonds is 3. The second-order valence-electron chi connectivity index (χ2n) is 5.01. The Balaban J connectivity index is 0.00000180. The van der Waals surface area contributed by atoms with Crippen molar-refractivity contribution in [2.24, 2.45) is 0 Å². The van der Waals surface area contributed by atoms with Gasteiger partial charge < -0.3 is 10.6 Å². The number of carbonyl (C=O) groups is 1. The lowest BCUT2D eigenvalue weighted by atomic mass is 9.97. The molecule has 114 valence electrons. The summed E-state index contributed by atoms with van der Waals surface area (Å²) in [5, 5.41) is 6.53.